The molecule has 4 aromatic rings. The van der Waals surface area contributed by atoms with E-state index >= 15 is 0 Å². The zero-order chi connectivity index (χ0) is 28.3. The molecule has 0 aliphatic carbocycles. The Morgan fingerprint density at radius 1 is 0.927 bits per heavy atom. The fraction of sp³-hybridized carbons (Fsp3) is 0.412. The molecular formula is C34H41N5O2. The molecule has 0 bridgehead atoms. The van der Waals surface area contributed by atoms with Crippen LogP contribution in [0.4, 0.5) is 5.69 Å². The summed E-state index contributed by atoms with van der Waals surface area (Å²) >= 11 is 0. The van der Waals surface area contributed by atoms with Gasteiger partial charge in [0.2, 0.25) is 5.91 Å². The standard InChI is InChI=1S/C34H41N5O2/c1-25-10-11-26(2)32(21-25)37-17-19-38(20-18-37)34(40)28-7-6-16-36(23-28)24-33-35-30-8-4-5-9-31(30)39(33)22-27-12-14-29(41-3)15-13-27/h4-5,8-15,21,28H,6-7,16-20,22-24H2,1-3H3/t28-/m1/s1. The average molecular weight is 552 g/mol. The van der Waals surface area contributed by atoms with Gasteiger partial charge in [-0.1, -0.05) is 36.4 Å². The molecule has 2 saturated heterocycles. The van der Waals surface area contributed by atoms with E-state index in [-0.39, 0.29) is 5.92 Å². The Balaban J connectivity index is 1.12. The van der Waals surface area contributed by atoms with Crippen LogP contribution in [-0.4, -0.2) is 71.6 Å². The summed E-state index contributed by atoms with van der Waals surface area (Å²) in [5.74, 6) is 2.29. The maximum Gasteiger partial charge on any atom is 0.227 e. The minimum atomic E-state index is 0.0513. The Morgan fingerprint density at radius 3 is 2.49 bits per heavy atom. The molecule has 0 spiro atoms. The van der Waals surface area contributed by atoms with Gasteiger partial charge in [0.25, 0.3) is 0 Å². The normalized spacial score (nSPS) is 18.2. The first kappa shape index (κ1) is 27.3. The lowest BCUT2D eigenvalue weighted by Gasteiger charge is -2.40. The van der Waals surface area contributed by atoms with Gasteiger partial charge in [-0.15, -0.1) is 0 Å². The Kier molecular flexibility index (Phi) is 7.97. The van der Waals surface area contributed by atoms with Crippen LogP contribution in [0, 0.1) is 19.8 Å². The summed E-state index contributed by atoms with van der Waals surface area (Å²) < 4.78 is 7.68. The third-order valence-corrected chi connectivity index (χ3v) is 8.75. The quantitative estimate of drug-likeness (QED) is 0.313. The van der Waals surface area contributed by atoms with Gasteiger partial charge in [-0.25, -0.2) is 4.98 Å². The van der Waals surface area contributed by atoms with Crippen LogP contribution in [0.2, 0.25) is 0 Å². The van der Waals surface area contributed by atoms with Crippen LogP contribution in [-0.2, 0) is 17.9 Å². The van der Waals surface area contributed by atoms with Crippen molar-refractivity contribution in [1.29, 1.82) is 0 Å². The van der Waals surface area contributed by atoms with Gasteiger partial charge in [-0.3, -0.25) is 9.69 Å². The zero-order valence-corrected chi connectivity index (χ0v) is 24.6. The molecule has 2 aliphatic rings. The number of aryl methyl sites for hydroxylation is 2. The van der Waals surface area contributed by atoms with Crippen molar-refractivity contribution in [3.8, 4) is 5.75 Å². The number of nitrogens with zero attached hydrogens (tertiary/aromatic N) is 5. The number of hydrogen-bond donors (Lipinski definition) is 0. The number of carbonyl (C=O) groups is 1. The number of carbonyl (C=O) groups excluding carboxylic acids is 1. The smallest absolute Gasteiger partial charge is 0.227 e. The number of ether oxygens (including phenoxy) is 1. The number of rotatable bonds is 7. The summed E-state index contributed by atoms with van der Waals surface area (Å²) in [4.78, 5) is 25.7. The molecule has 0 N–H and O–H groups in total. The van der Waals surface area contributed by atoms with E-state index in [0.29, 0.717) is 5.91 Å². The molecule has 6 rings (SSSR count). The summed E-state index contributed by atoms with van der Waals surface area (Å²) in [5, 5.41) is 0. The lowest BCUT2D eigenvalue weighted by Crippen LogP contribution is -2.52. The first-order chi connectivity index (χ1) is 20.0. The number of piperidine rings is 1. The van der Waals surface area contributed by atoms with Gasteiger partial charge < -0.3 is 19.1 Å². The second kappa shape index (κ2) is 12.0. The van der Waals surface area contributed by atoms with Crippen LogP contribution in [0.15, 0.2) is 66.7 Å². The molecule has 214 valence electrons. The zero-order valence-electron chi connectivity index (χ0n) is 24.6. The average Bonchev–Trinajstić information content (AvgIpc) is 3.35. The number of imidazole rings is 1. The van der Waals surface area contributed by atoms with Crippen molar-refractivity contribution in [2.75, 3.05) is 51.3 Å². The number of para-hydroxylation sites is 2. The Labute approximate surface area is 243 Å². The number of benzene rings is 3. The molecule has 0 unspecified atom stereocenters. The van der Waals surface area contributed by atoms with E-state index in [4.69, 9.17) is 9.72 Å². The van der Waals surface area contributed by atoms with Crippen LogP contribution in [0.5, 0.6) is 5.75 Å². The van der Waals surface area contributed by atoms with Crippen LogP contribution in [0.1, 0.15) is 35.4 Å². The monoisotopic (exact) mass is 551 g/mol. The maximum absolute atomic E-state index is 13.7. The van der Waals surface area contributed by atoms with E-state index < -0.39 is 0 Å². The number of anilines is 1. The SMILES string of the molecule is COc1ccc(Cn2c(CN3CCC[C@@H](C(=O)N4CCN(c5cc(C)ccc5C)CC4)C3)nc3ccccc32)cc1. The number of methoxy groups -OCH3 is 1. The van der Waals surface area contributed by atoms with Crippen molar-refractivity contribution >= 4 is 22.6 Å². The second-order valence-electron chi connectivity index (χ2n) is 11.6. The third-order valence-electron chi connectivity index (χ3n) is 8.75. The van der Waals surface area contributed by atoms with Gasteiger partial charge in [0.05, 0.1) is 30.6 Å². The molecule has 7 heteroatoms. The summed E-state index contributed by atoms with van der Waals surface area (Å²) in [7, 11) is 1.69. The van der Waals surface area contributed by atoms with Crippen molar-refractivity contribution in [1.82, 2.24) is 19.4 Å². The van der Waals surface area contributed by atoms with Crippen molar-refractivity contribution in [2.45, 2.75) is 39.8 Å². The molecule has 1 atom stereocenters. The van der Waals surface area contributed by atoms with Gasteiger partial charge in [0.15, 0.2) is 0 Å². The summed E-state index contributed by atoms with van der Waals surface area (Å²) in [6.45, 7) is 11.0. The highest BCUT2D eigenvalue weighted by atomic mass is 16.5. The maximum atomic E-state index is 13.7. The molecule has 0 saturated carbocycles. The molecule has 3 aromatic carbocycles. The molecule has 2 aliphatic heterocycles. The molecule has 41 heavy (non-hydrogen) atoms. The predicted molar refractivity (Wildman–Crippen MR) is 165 cm³/mol. The first-order valence-electron chi connectivity index (χ1n) is 14.9. The fourth-order valence-corrected chi connectivity index (χ4v) is 6.42. The van der Waals surface area contributed by atoms with Crippen molar-refractivity contribution in [3.63, 3.8) is 0 Å². The topological polar surface area (TPSA) is 53.8 Å². The lowest BCUT2D eigenvalue weighted by atomic mass is 9.96. The van der Waals surface area contributed by atoms with Gasteiger partial charge in [0.1, 0.15) is 11.6 Å². The number of aromatic nitrogens is 2. The van der Waals surface area contributed by atoms with Gasteiger partial charge in [-0.05, 0) is 80.3 Å². The van der Waals surface area contributed by atoms with E-state index in [1.165, 1.54) is 22.4 Å². The molecule has 0 radical (unpaired) electrons. The van der Waals surface area contributed by atoms with Crippen LogP contribution < -0.4 is 9.64 Å². The number of fused-ring (bicyclic) bond motifs is 1. The highest BCUT2D eigenvalue weighted by Crippen LogP contribution is 2.26. The summed E-state index contributed by atoms with van der Waals surface area (Å²) in [6, 6.07) is 23.3. The lowest BCUT2D eigenvalue weighted by molar-refractivity contribution is -0.137. The highest BCUT2D eigenvalue weighted by molar-refractivity contribution is 5.79. The summed E-state index contributed by atoms with van der Waals surface area (Å²) in [5.41, 5.74) is 7.26. The number of piperazine rings is 1. The van der Waals surface area contributed by atoms with Crippen LogP contribution in [0.3, 0.4) is 0 Å². The minimum absolute atomic E-state index is 0.0513. The minimum Gasteiger partial charge on any atom is -0.497 e. The van der Waals surface area contributed by atoms with E-state index in [1.807, 2.05) is 18.2 Å². The van der Waals surface area contributed by atoms with E-state index in [2.05, 4.69) is 81.6 Å². The van der Waals surface area contributed by atoms with Crippen LogP contribution in [0.25, 0.3) is 11.0 Å². The third kappa shape index (κ3) is 5.96. The highest BCUT2D eigenvalue weighted by Gasteiger charge is 2.32. The molecule has 3 heterocycles. The molecule has 1 aromatic heterocycles. The molecular weight excluding hydrogens is 510 g/mol. The van der Waals surface area contributed by atoms with E-state index in [0.717, 1.165) is 87.8 Å². The van der Waals surface area contributed by atoms with Gasteiger partial charge >= 0.3 is 0 Å². The van der Waals surface area contributed by atoms with Crippen molar-refractivity contribution in [2.24, 2.45) is 5.92 Å². The molecule has 7 nitrogen and oxygen atoms in total. The van der Waals surface area contributed by atoms with Crippen molar-refractivity contribution < 1.29 is 9.53 Å². The Bertz CT molecular complexity index is 1500. The first-order valence-corrected chi connectivity index (χ1v) is 14.9. The Morgan fingerprint density at radius 2 is 1.71 bits per heavy atom. The summed E-state index contributed by atoms with van der Waals surface area (Å²) in [6.07, 6.45) is 2.01. The van der Waals surface area contributed by atoms with Gasteiger partial charge in [0, 0.05) is 45.0 Å². The van der Waals surface area contributed by atoms with E-state index in [1.54, 1.807) is 7.11 Å². The molecule has 2 fully saturated rings. The van der Waals surface area contributed by atoms with Gasteiger partial charge in [-0.2, -0.15) is 0 Å². The Hall–Kier alpha value is -3.84. The number of amides is 1. The molecule has 1 amide bonds. The number of hydrogen-bond acceptors (Lipinski definition) is 5. The predicted octanol–water partition coefficient (Wildman–Crippen LogP) is 5.27. The largest absolute Gasteiger partial charge is 0.497 e. The second-order valence-corrected chi connectivity index (χ2v) is 11.6. The fourth-order valence-electron chi connectivity index (χ4n) is 6.42. The van der Waals surface area contributed by atoms with E-state index in [9.17, 15) is 4.79 Å². The van der Waals surface area contributed by atoms with Crippen molar-refractivity contribution in [3.05, 3.63) is 89.2 Å². The van der Waals surface area contributed by atoms with Crippen LogP contribution >= 0.6 is 0 Å². The number of likely N-dealkylation sites (tertiary alicyclic amines) is 1.